The molecule has 1 saturated heterocycles. The third-order valence-electron chi connectivity index (χ3n) is 4.61. The summed E-state index contributed by atoms with van der Waals surface area (Å²) in [5, 5.41) is 0. The molecule has 2 N–H and O–H groups in total. The van der Waals surface area contributed by atoms with E-state index in [1.165, 1.54) is 25.7 Å². The van der Waals surface area contributed by atoms with Crippen molar-refractivity contribution >= 4 is 5.91 Å². The van der Waals surface area contributed by atoms with E-state index < -0.39 is 0 Å². The second kappa shape index (κ2) is 7.25. The zero-order chi connectivity index (χ0) is 13.7. The Labute approximate surface area is 117 Å². The standard InChI is InChI=1S/C15H29N3O/c1-2-8-17-9-11-18(12-10-17)15(19)13-6-4-3-5-7-14(13)16/h13-14H,2-12,16H2,1H3. The molecule has 0 aromatic heterocycles. The lowest BCUT2D eigenvalue weighted by Gasteiger charge is -2.37. The van der Waals surface area contributed by atoms with Crippen molar-refractivity contribution in [2.75, 3.05) is 32.7 Å². The Morgan fingerprint density at radius 1 is 1.11 bits per heavy atom. The molecule has 1 aliphatic heterocycles. The number of hydrogen-bond acceptors (Lipinski definition) is 3. The molecule has 0 aromatic carbocycles. The Kier molecular flexibility index (Phi) is 5.64. The quantitative estimate of drug-likeness (QED) is 0.787. The summed E-state index contributed by atoms with van der Waals surface area (Å²) in [6.45, 7) is 7.21. The molecule has 19 heavy (non-hydrogen) atoms. The fraction of sp³-hybridized carbons (Fsp3) is 0.933. The van der Waals surface area contributed by atoms with E-state index in [9.17, 15) is 4.79 Å². The van der Waals surface area contributed by atoms with Crippen LogP contribution in [0.3, 0.4) is 0 Å². The number of rotatable bonds is 3. The smallest absolute Gasteiger partial charge is 0.227 e. The first kappa shape index (κ1) is 14.8. The maximum absolute atomic E-state index is 12.6. The molecule has 0 spiro atoms. The first-order chi connectivity index (χ1) is 9.22. The highest BCUT2D eigenvalue weighted by Gasteiger charge is 2.31. The van der Waals surface area contributed by atoms with Gasteiger partial charge in [0, 0.05) is 32.2 Å². The average Bonchev–Trinajstić information content (AvgIpc) is 2.64. The lowest BCUT2D eigenvalue weighted by atomic mass is 9.93. The van der Waals surface area contributed by atoms with Gasteiger partial charge in [-0.25, -0.2) is 0 Å². The van der Waals surface area contributed by atoms with Gasteiger partial charge in [-0.2, -0.15) is 0 Å². The molecule has 2 unspecified atom stereocenters. The number of hydrogen-bond donors (Lipinski definition) is 1. The topological polar surface area (TPSA) is 49.6 Å². The average molecular weight is 267 g/mol. The molecule has 1 amide bonds. The minimum atomic E-state index is 0.0835. The van der Waals surface area contributed by atoms with Gasteiger partial charge in [-0.1, -0.05) is 26.2 Å². The molecule has 0 radical (unpaired) electrons. The Morgan fingerprint density at radius 2 is 1.79 bits per heavy atom. The van der Waals surface area contributed by atoms with Crippen molar-refractivity contribution in [3.8, 4) is 0 Å². The van der Waals surface area contributed by atoms with Crippen molar-refractivity contribution in [2.24, 2.45) is 11.7 Å². The molecular weight excluding hydrogens is 238 g/mol. The van der Waals surface area contributed by atoms with Crippen molar-refractivity contribution < 1.29 is 4.79 Å². The van der Waals surface area contributed by atoms with Crippen LogP contribution >= 0.6 is 0 Å². The molecule has 0 aromatic rings. The fourth-order valence-corrected chi connectivity index (χ4v) is 3.39. The highest BCUT2D eigenvalue weighted by Crippen LogP contribution is 2.24. The normalized spacial score (nSPS) is 30.1. The predicted molar refractivity (Wildman–Crippen MR) is 77.9 cm³/mol. The van der Waals surface area contributed by atoms with Gasteiger partial charge >= 0.3 is 0 Å². The summed E-state index contributed by atoms with van der Waals surface area (Å²) < 4.78 is 0. The highest BCUT2D eigenvalue weighted by molar-refractivity contribution is 5.79. The largest absolute Gasteiger partial charge is 0.340 e. The lowest BCUT2D eigenvalue weighted by molar-refractivity contribution is -0.138. The second-order valence-corrected chi connectivity index (χ2v) is 6.08. The summed E-state index contributed by atoms with van der Waals surface area (Å²) in [5.41, 5.74) is 6.20. The highest BCUT2D eigenvalue weighted by atomic mass is 16.2. The number of carbonyl (C=O) groups is 1. The van der Waals surface area contributed by atoms with Gasteiger partial charge in [0.1, 0.15) is 0 Å². The number of piperazine rings is 1. The third-order valence-corrected chi connectivity index (χ3v) is 4.61. The number of amides is 1. The summed E-state index contributed by atoms with van der Waals surface area (Å²) >= 11 is 0. The first-order valence-corrected chi connectivity index (χ1v) is 7.99. The zero-order valence-electron chi connectivity index (χ0n) is 12.3. The molecule has 1 heterocycles. The van der Waals surface area contributed by atoms with Crippen LogP contribution in [-0.4, -0.2) is 54.5 Å². The maximum atomic E-state index is 12.6. The molecule has 1 saturated carbocycles. The van der Waals surface area contributed by atoms with Crippen LogP contribution in [0.2, 0.25) is 0 Å². The molecule has 2 fully saturated rings. The Morgan fingerprint density at radius 3 is 2.47 bits per heavy atom. The summed E-state index contributed by atoms with van der Waals surface area (Å²) in [4.78, 5) is 17.1. The van der Waals surface area contributed by atoms with Crippen LogP contribution < -0.4 is 5.73 Å². The monoisotopic (exact) mass is 267 g/mol. The number of nitrogens with two attached hydrogens (primary N) is 1. The molecule has 0 bridgehead atoms. The van der Waals surface area contributed by atoms with Crippen molar-refractivity contribution in [3.05, 3.63) is 0 Å². The van der Waals surface area contributed by atoms with E-state index in [-0.39, 0.29) is 12.0 Å². The van der Waals surface area contributed by atoms with Crippen LogP contribution in [0.1, 0.15) is 45.4 Å². The molecular formula is C15H29N3O. The van der Waals surface area contributed by atoms with Crippen LogP contribution in [0.25, 0.3) is 0 Å². The summed E-state index contributed by atoms with van der Waals surface area (Å²) in [6.07, 6.45) is 6.81. The van der Waals surface area contributed by atoms with Crippen molar-refractivity contribution in [2.45, 2.75) is 51.5 Å². The van der Waals surface area contributed by atoms with Crippen molar-refractivity contribution in [3.63, 3.8) is 0 Å². The lowest BCUT2D eigenvalue weighted by Crippen LogP contribution is -2.52. The molecule has 2 rings (SSSR count). The van der Waals surface area contributed by atoms with E-state index in [2.05, 4.69) is 16.7 Å². The van der Waals surface area contributed by atoms with Crippen molar-refractivity contribution in [1.82, 2.24) is 9.80 Å². The van der Waals surface area contributed by atoms with Crippen LogP contribution in [-0.2, 0) is 4.79 Å². The Bertz CT molecular complexity index is 287. The molecule has 1 aliphatic carbocycles. The van der Waals surface area contributed by atoms with Gasteiger partial charge in [-0.05, 0) is 25.8 Å². The predicted octanol–water partition coefficient (Wildman–Crippen LogP) is 1.45. The number of nitrogens with zero attached hydrogens (tertiary/aromatic N) is 2. The van der Waals surface area contributed by atoms with Crippen LogP contribution in [0, 0.1) is 5.92 Å². The zero-order valence-corrected chi connectivity index (χ0v) is 12.3. The molecule has 4 heteroatoms. The minimum absolute atomic E-state index is 0.0835. The van der Waals surface area contributed by atoms with E-state index in [0.29, 0.717) is 5.91 Å². The summed E-state index contributed by atoms with van der Waals surface area (Å²) in [6, 6.07) is 0.0867. The molecule has 110 valence electrons. The van der Waals surface area contributed by atoms with Gasteiger partial charge < -0.3 is 10.6 Å². The molecule has 2 aliphatic rings. The van der Waals surface area contributed by atoms with Gasteiger partial charge in [-0.15, -0.1) is 0 Å². The van der Waals surface area contributed by atoms with Crippen molar-refractivity contribution in [1.29, 1.82) is 0 Å². The van der Waals surface area contributed by atoms with E-state index in [1.807, 2.05) is 0 Å². The van der Waals surface area contributed by atoms with E-state index in [1.54, 1.807) is 0 Å². The van der Waals surface area contributed by atoms with E-state index in [4.69, 9.17) is 5.73 Å². The SMILES string of the molecule is CCCN1CCN(C(=O)C2CCCCCC2N)CC1. The Hall–Kier alpha value is -0.610. The molecule has 2 atom stereocenters. The first-order valence-electron chi connectivity index (χ1n) is 7.99. The molecule has 4 nitrogen and oxygen atoms in total. The van der Waals surface area contributed by atoms with Crippen LogP contribution in [0.15, 0.2) is 0 Å². The maximum Gasteiger partial charge on any atom is 0.227 e. The van der Waals surface area contributed by atoms with Gasteiger partial charge in [0.25, 0.3) is 0 Å². The van der Waals surface area contributed by atoms with E-state index >= 15 is 0 Å². The summed E-state index contributed by atoms with van der Waals surface area (Å²) in [7, 11) is 0. The second-order valence-electron chi connectivity index (χ2n) is 6.08. The van der Waals surface area contributed by atoms with Crippen LogP contribution in [0.4, 0.5) is 0 Å². The van der Waals surface area contributed by atoms with Gasteiger partial charge in [0.2, 0.25) is 5.91 Å². The van der Waals surface area contributed by atoms with Gasteiger partial charge in [0.15, 0.2) is 0 Å². The number of carbonyl (C=O) groups excluding carboxylic acids is 1. The summed E-state index contributed by atoms with van der Waals surface area (Å²) in [5.74, 6) is 0.408. The van der Waals surface area contributed by atoms with Gasteiger partial charge in [-0.3, -0.25) is 9.69 Å². The minimum Gasteiger partial charge on any atom is -0.340 e. The van der Waals surface area contributed by atoms with Crippen LogP contribution in [0.5, 0.6) is 0 Å². The third kappa shape index (κ3) is 3.93. The van der Waals surface area contributed by atoms with Gasteiger partial charge in [0.05, 0.1) is 5.92 Å². The van der Waals surface area contributed by atoms with E-state index in [0.717, 1.165) is 45.6 Å². The fourth-order valence-electron chi connectivity index (χ4n) is 3.39. The Balaban J connectivity index is 1.85.